The van der Waals surface area contributed by atoms with Crippen molar-refractivity contribution in [1.29, 1.82) is 0 Å². The van der Waals surface area contributed by atoms with E-state index in [4.69, 9.17) is 0 Å². The summed E-state index contributed by atoms with van der Waals surface area (Å²) in [4.78, 5) is 22.9. The van der Waals surface area contributed by atoms with Crippen LogP contribution in [-0.2, 0) is 0 Å². The molecule has 0 bridgehead atoms. The maximum absolute atomic E-state index is 9.83. The van der Waals surface area contributed by atoms with Crippen molar-refractivity contribution < 1.29 is 10.1 Å². The molecule has 11 nitrogen and oxygen atoms in total. The van der Waals surface area contributed by atoms with Crippen LogP contribution in [0.15, 0.2) is 0 Å². The number of nitrogens with one attached hydrogen (secondary N) is 2. The molecule has 0 aliphatic rings. The minimum Gasteiger partial charge on any atom is -0.273 e. The molecular weight excluding hydrogens is 186 g/mol. The minimum atomic E-state index is -0.910. The van der Waals surface area contributed by atoms with Crippen molar-refractivity contribution in [2.24, 2.45) is 0 Å². The van der Waals surface area contributed by atoms with Crippen LogP contribution in [0.3, 0.4) is 0 Å². The first-order chi connectivity index (χ1) is 6.08. The zero-order valence-electron chi connectivity index (χ0n) is 5.87. The second kappa shape index (κ2) is 3.29. The molecule has 0 saturated carbocycles. The molecule has 2 N–H and O–H groups in total. The molecule has 0 amide bonds. The molecule has 1 heterocycles. The van der Waals surface area contributed by atoms with Crippen molar-refractivity contribution in [2.45, 2.75) is 0 Å². The molecule has 0 aliphatic carbocycles. The first-order valence-corrected chi connectivity index (χ1v) is 2.77. The van der Waals surface area contributed by atoms with Crippen LogP contribution in [0.2, 0.25) is 0 Å². The summed E-state index contributed by atoms with van der Waals surface area (Å²) >= 11 is 0. The summed E-state index contributed by atoms with van der Waals surface area (Å²) in [5.41, 5.74) is 3.15. The molecule has 0 radical (unpaired) electrons. The Kier molecular flexibility index (Phi) is 2.19. The van der Waals surface area contributed by atoms with E-state index in [-0.39, 0.29) is 0 Å². The van der Waals surface area contributed by atoms with E-state index in [2.05, 4.69) is 15.2 Å². The summed E-state index contributed by atoms with van der Waals surface area (Å²) in [6.45, 7) is 0. The fourth-order valence-corrected chi connectivity index (χ4v) is 0.498. The van der Waals surface area contributed by atoms with E-state index in [1.165, 1.54) is 0 Å². The second-order valence-corrected chi connectivity index (χ2v) is 1.70. The highest BCUT2D eigenvalue weighted by molar-refractivity contribution is 5.28. The van der Waals surface area contributed by atoms with E-state index in [0.29, 0.717) is 0 Å². The SMILES string of the molecule is O=[N+]([O-])Nc1nnc(N[N+](=O)[O-])[n-]1. The lowest BCUT2D eigenvalue weighted by Crippen LogP contribution is -2.11. The Labute approximate surface area is 69.4 Å². The Bertz CT molecular complexity index is 300. The summed E-state index contributed by atoms with van der Waals surface area (Å²) in [7, 11) is 0. The highest BCUT2D eigenvalue weighted by atomic mass is 16.7. The smallest absolute Gasteiger partial charge is 0.173 e. The third-order valence-corrected chi connectivity index (χ3v) is 0.834. The van der Waals surface area contributed by atoms with Crippen molar-refractivity contribution in [3.05, 3.63) is 20.2 Å². The van der Waals surface area contributed by atoms with Crippen molar-refractivity contribution in [3.63, 3.8) is 0 Å². The Morgan fingerprint density at radius 2 is 1.46 bits per heavy atom. The van der Waals surface area contributed by atoms with Gasteiger partial charge in [-0.15, -0.1) is 10.9 Å². The van der Waals surface area contributed by atoms with Crippen LogP contribution < -0.4 is 15.8 Å². The zero-order valence-corrected chi connectivity index (χ0v) is 5.87. The van der Waals surface area contributed by atoms with E-state index in [1.54, 1.807) is 10.9 Å². The van der Waals surface area contributed by atoms with Crippen LogP contribution in [0, 0.1) is 20.2 Å². The van der Waals surface area contributed by atoms with E-state index in [9.17, 15) is 20.2 Å². The summed E-state index contributed by atoms with van der Waals surface area (Å²) in [6.07, 6.45) is 0. The zero-order chi connectivity index (χ0) is 9.84. The van der Waals surface area contributed by atoms with Crippen LogP contribution in [0.4, 0.5) is 11.9 Å². The van der Waals surface area contributed by atoms with Gasteiger partial charge >= 0.3 is 0 Å². The van der Waals surface area contributed by atoms with E-state index in [0.717, 1.165) is 0 Å². The second-order valence-electron chi connectivity index (χ2n) is 1.70. The molecule has 1 rings (SSSR count). The molecule has 1 aromatic rings. The van der Waals surface area contributed by atoms with E-state index < -0.39 is 22.0 Å². The van der Waals surface area contributed by atoms with Crippen LogP contribution in [0.5, 0.6) is 0 Å². The molecule has 0 saturated heterocycles. The van der Waals surface area contributed by atoms with Crippen molar-refractivity contribution in [1.82, 2.24) is 15.2 Å². The van der Waals surface area contributed by atoms with Gasteiger partial charge in [0.2, 0.25) is 0 Å². The summed E-state index contributed by atoms with van der Waals surface area (Å²) in [6, 6.07) is 0. The van der Waals surface area contributed by atoms with Gasteiger partial charge in [0.1, 0.15) is 10.1 Å². The molecule has 0 aliphatic heterocycles. The molecule has 0 aromatic carbocycles. The highest BCUT2D eigenvalue weighted by Crippen LogP contribution is 1.99. The molecule has 0 unspecified atom stereocenters. The average Bonchev–Trinajstić information content (AvgIpc) is 2.33. The maximum Gasteiger partial charge on any atom is 0.173 e. The topological polar surface area (TPSA) is 150 Å². The van der Waals surface area contributed by atoms with Crippen LogP contribution in [-0.4, -0.2) is 20.3 Å². The number of aromatic nitrogens is 3. The number of hydrogen-bond acceptors (Lipinski definition) is 6. The van der Waals surface area contributed by atoms with Crippen molar-refractivity contribution in [2.75, 3.05) is 10.9 Å². The van der Waals surface area contributed by atoms with Crippen LogP contribution in [0.25, 0.3) is 0 Å². The lowest BCUT2D eigenvalue weighted by molar-refractivity contribution is -0.447. The highest BCUT2D eigenvalue weighted by Gasteiger charge is 2.01. The molecule has 0 fully saturated rings. The van der Waals surface area contributed by atoms with Gasteiger partial charge in [-0.2, -0.15) is 0 Å². The first kappa shape index (κ1) is 8.63. The quantitative estimate of drug-likeness (QED) is 0.431. The predicted octanol–water partition coefficient (Wildman–Crippen LogP) is -1.36. The normalized spacial score (nSPS) is 9.23. The molecule has 0 spiro atoms. The number of nitro groups is 2. The van der Waals surface area contributed by atoms with Gasteiger partial charge in [0.15, 0.2) is 11.9 Å². The Morgan fingerprint density at radius 1 is 1.08 bits per heavy atom. The maximum atomic E-state index is 9.83. The predicted molar refractivity (Wildman–Crippen MR) is 36.6 cm³/mol. The Balaban J connectivity index is 2.63. The molecular formula is C2H2N7O4-. The number of nitrogens with zero attached hydrogens (tertiary/aromatic N) is 5. The van der Waals surface area contributed by atoms with E-state index in [1.807, 2.05) is 0 Å². The fraction of sp³-hybridized carbons (Fsp3) is 0. The van der Waals surface area contributed by atoms with Gasteiger partial charge in [-0.25, -0.2) is 30.4 Å². The van der Waals surface area contributed by atoms with E-state index >= 15 is 0 Å². The summed E-state index contributed by atoms with van der Waals surface area (Å²) < 4.78 is 0. The average molecular weight is 188 g/mol. The molecule has 11 heteroatoms. The van der Waals surface area contributed by atoms with Crippen LogP contribution in [0.1, 0.15) is 0 Å². The monoisotopic (exact) mass is 188 g/mol. The van der Waals surface area contributed by atoms with Gasteiger partial charge in [-0.3, -0.25) is 4.98 Å². The van der Waals surface area contributed by atoms with Crippen molar-refractivity contribution in [3.8, 4) is 0 Å². The molecule has 0 atom stereocenters. The summed E-state index contributed by atoms with van der Waals surface area (Å²) in [5.74, 6) is -0.844. The van der Waals surface area contributed by atoms with Gasteiger partial charge in [0.05, 0.1) is 0 Å². The first-order valence-electron chi connectivity index (χ1n) is 2.77. The fourth-order valence-electron chi connectivity index (χ4n) is 0.498. The number of anilines is 2. The third-order valence-electron chi connectivity index (χ3n) is 0.834. The number of hydrogen-bond donors (Lipinski definition) is 2. The third kappa shape index (κ3) is 2.57. The lowest BCUT2D eigenvalue weighted by atomic mass is 11.0. The number of rotatable bonds is 4. The molecule has 1 aromatic heterocycles. The Morgan fingerprint density at radius 3 is 1.77 bits per heavy atom. The standard InChI is InChI=1S/C2H2N7O4/c10-8(11)6-1-3-2(5-4-1)7-9(12)13/h(H2-,3,4,5,6,7)/q-1. The Hall–Kier alpha value is -2.46. The molecule has 70 valence electrons. The summed E-state index contributed by atoms with van der Waals surface area (Å²) in [5, 5.41) is 24.1. The largest absolute Gasteiger partial charge is 0.273 e. The molecule has 13 heavy (non-hydrogen) atoms. The van der Waals surface area contributed by atoms with Gasteiger partial charge in [-0.1, -0.05) is 0 Å². The van der Waals surface area contributed by atoms with Gasteiger partial charge in [0.25, 0.3) is 0 Å². The van der Waals surface area contributed by atoms with Gasteiger partial charge in [-0.05, 0) is 0 Å². The lowest BCUT2D eigenvalue weighted by Gasteiger charge is -1.93. The minimum absolute atomic E-state index is 0.422. The van der Waals surface area contributed by atoms with Gasteiger partial charge in [0, 0.05) is 0 Å². The number of hydrazine groups is 2. The van der Waals surface area contributed by atoms with Crippen molar-refractivity contribution >= 4 is 11.9 Å². The van der Waals surface area contributed by atoms with Crippen LogP contribution >= 0.6 is 0 Å². The van der Waals surface area contributed by atoms with Gasteiger partial charge < -0.3 is 0 Å².